The molecule has 2 aromatic carbocycles. The maximum absolute atomic E-state index is 13.5. The molecule has 0 radical (unpaired) electrons. The Hall–Kier alpha value is -3.12. The van der Waals surface area contributed by atoms with E-state index in [1.807, 2.05) is 25.1 Å². The van der Waals surface area contributed by atoms with Crippen LogP contribution < -0.4 is 19.7 Å². The lowest BCUT2D eigenvalue weighted by Crippen LogP contribution is -2.51. The first kappa shape index (κ1) is 34.3. The summed E-state index contributed by atoms with van der Waals surface area (Å²) < 4.78 is 47.3. The molecule has 264 valence electrons. The second-order valence-corrected chi connectivity index (χ2v) is 17.2. The first-order chi connectivity index (χ1) is 23.5. The van der Waals surface area contributed by atoms with Crippen LogP contribution in [0.15, 0.2) is 48.6 Å². The Morgan fingerprint density at radius 2 is 2.00 bits per heavy atom. The van der Waals surface area contributed by atoms with Crippen molar-refractivity contribution in [3.63, 3.8) is 0 Å². The molecular formula is C37H46ClN3O7S. The van der Waals surface area contributed by atoms with E-state index in [0.717, 1.165) is 42.8 Å². The number of carbonyl (C=O) groups is 2. The molecule has 2 bridgehead atoms. The molecule has 2 fully saturated rings. The fraction of sp³-hybridized carbons (Fsp3) is 0.568. The lowest BCUT2D eigenvalue weighted by molar-refractivity contribution is -0.133. The molecule has 2 N–H and O–H groups in total. The van der Waals surface area contributed by atoms with E-state index < -0.39 is 21.2 Å². The predicted octanol–water partition coefficient (Wildman–Crippen LogP) is 4.78. The fourth-order valence-electron chi connectivity index (χ4n) is 8.08. The summed E-state index contributed by atoms with van der Waals surface area (Å²) in [6.45, 7) is 6.30. The molecular weight excluding hydrogens is 666 g/mol. The van der Waals surface area contributed by atoms with E-state index in [1.165, 1.54) is 11.1 Å². The maximum Gasteiger partial charge on any atom is 0.264 e. The number of ether oxygens (including phenoxy) is 3. The minimum atomic E-state index is -3.97. The Bertz CT molecular complexity index is 1730. The zero-order valence-electron chi connectivity index (χ0n) is 28.2. The van der Waals surface area contributed by atoms with Gasteiger partial charge >= 0.3 is 0 Å². The number of sulfonamides is 1. The third kappa shape index (κ3) is 7.09. The molecule has 10 nitrogen and oxygen atoms in total. The quantitative estimate of drug-likeness (QED) is 0.435. The van der Waals surface area contributed by atoms with Crippen LogP contribution in [0.2, 0.25) is 5.02 Å². The van der Waals surface area contributed by atoms with Crippen LogP contribution in [-0.4, -0.2) is 77.1 Å². The van der Waals surface area contributed by atoms with Crippen molar-refractivity contribution < 1.29 is 32.2 Å². The summed E-state index contributed by atoms with van der Waals surface area (Å²) in [6.07, 6.45) is 9.01. The molecule has 1 saturated heterocycles. The van der Waals surface area contributed by atoms with Crippen molar-refractivity contribution in [1.82, 2.24) is 10.0 Å². The highest BCUT2D eigenvalue weighted by Crippen LogP contribution is 2.47. The van der Waals surface area contributed by atoms with Crippen LogP contribution in [0.1, 0.15) is 67.4 Å². The molecule has 1 spiro atoms. The van der Waals surface area contributed by atoms with Gasteiger partial charge in [0, 0.05) is 29.1 Å². The van der Waals surface area contributed by atoms with Crippen LogP contribution in [0.4, 0.5) is 5.69 Å². The van der Waals surface area contributed by atoms with E-state index in [4.69, 9.17) is 25.8 Å². The summed E-state index contributed by atoms with van der Waals surface area (Å²) in [6, 6.07) is 11.4. The third-order valence-corrected chi connectivity index (χ3v) is 13.6. The van der Waals surface area contributed by atoms with Crippen LogP contribution in [0.3, 0.4) is 0 Å². The van der Waals surface area contributed by atoms with E-state index in [0.29, 0.717) is 45.1 Å². The van der Waals surface area contributed by atoms with Gasteiger partial charge in [0.25, 0.3) is 5.91 Å². The highest BCUT2D eigenvalue weighted by atomic mass is 35.5. The molecule has 1 saturated carbocycles. The van der Waals surface area contributed by atoms with Gasteiger partial charge in [0.15, 0.2) is 0 Å². The van der Waals surface area contributed by atoms with Gasteiger partial charge in [-0.3, -0.25) is 9.59 Å². The molecule has 3 heterocycles. The van der Waals surface area contributed by atoms with Gasteiger partial charge < -0.3 is 24.4 Å². The SMILES string of the molecule is C[C@@H]1[C@@H](C)C/C=C/[C@H](OCC(=O)NC2COC2)[C@@H]2CC[C@H]2CN2C[C@@]3(CCCc4cc(Cl)ccc43)COc3ccc(cc32)C(=O)NS1(=O)=O. The number of aryl methyl sites for hydroxylation is 1. The Morgan fingerprint density at radius 3 is 2.76 bits per heavy atom. The zero-order valence-corrected chi connectivity index (χ0v) is 29.7. The minimum Gasteiger partial charge on any atom is -0.490 e. The summed E-state index contributed by atoms with van der Waals surface area (Å²) in [5.74, 6) is -0.000170. The van der Waals surface area contributed by atoms with E-state index in [-0.39, 0.29) is 53.4 Å². The minimum absolute atomic E-state index is 0.0216. The van der Waals surface area contributed by atoms with Crippen molar-refractivity contribution >= 4 is 39.1 Å². The summed E-state index contributed by atoms with van der Waals surface area (Å²) in [7, 11) is -3.97. The fourth-order valence-corrected chi connectivity index (χ4v) is 9.56. The van der Waals surface area contributed by atoms with E-state index in [9.17, 15) is 18.0 Å². The molecule has 6 atom stereocenters. The average molecular weight is 712 g/mol. The van der Waals surface area contributed by atoms with Gasteiger partial charge in [-0.2, -0.15) is 0 Å². The molecule has 2 aliphatic carbocycles. The lowest BCUT2D eigenvalue weighted by Gasteiger charge is -2.46. The number of nitrogens with one attached hydrogen (secondary N) is 2. The van der Waals surface area contributed by atoms with Crippen LogP contribution in [-0.2, 0) is 36.1 Å². The van der Waals surface area contributed by atoms with E-state index in [1.54, 1.807) is 25.1 Å². The van der Waals surface area contributed by atoms with E-state index >= 15 is 0 Å². The third-order valence-electron chi connectivity index (χ3n) is 11.4. The number of anilines is 1. The Labute approximate surface area is 293 Å². The van der Waals surface area contributed by atoms with E-state index in [2.05, 4.69) is 27.1 Å². The molecule has 3 aliphatic heterocycles. The predicted molar refractivity (Wildman–Crippen MR) is 188 cm³/mol. The molecule has 49 heavy (non-hydrogen) atoms. The van der Waals surface area contributed by atoms with Crippen LogP contribution in [0, 0.1) is 17.8 Å². The number of rotatable bonds is 4. The van der Waals surface area contributed by atoms with Crippen LogP contribution in [0.25, 0.3) is 0 Å². The van der Waals surface area contributed by atoms with Crippen LogP contribution in [0.5, 0.6) is 5.75 Å². The first-order valence-electron chi connectivity index (χ1n) is 17.5. The summed E-state index contributed by atoms with van der Waals surface area (Å²) in [4.78, 5) is 28.6. The normalized spacial score (nSPS) is 31.9. The maximum atomic E-state index is 13.5. The van der Waals surface area contributed by atoms with Gasteiger partial charge in [-0.1, -0.05) is 36.7 Å². The number of carbonyl (C=O) groups excluding carboxylic acids is 2. The summed E-state index contributed by atoms with van der Waals surface area (Å²) in [5.41, 5.74) is 3.23. The Morgan fingerprint density at radius 1 is 1.16 bits per heavy atom. The highest BCUT2D eigenvalue weighted by molar-refractivity contribution is 7.90. The van der Waals surface area contributed by atoms with Crippen LogP contribution >= 0.6 is 11.6 Å². The van der Waals surface area contributed by atoms with Crippen molar-refractivity contribution in [2.45, 2.75) is 75.2 Å². The average Bonchev–Trinajstić information content (AvgIpc) is 3.19. The number of fused-ring (bicyclic) bond motifs is 4. The topological polar surface area (TPSA) is 123 Å². The lowest BCUT2D eigenvalue weighted by atomic mass is 9.68. The number of amides is 2. The number of hydrogen-bond donors (Lipinski definition) is 2. The second kappa shape index (κ2) is 13.9. The highest BCUT2D eigenvalue weighted by Gasteiger charge is 2.45. The second-order valence-electron chi connectivity index (χ2n) is 14.7. The summed E-state index contributed by atoms with van der Waals surface area (Å²) in [5, 5.41) is 2.87. The first-order valence-corrected chi connectivity index (χ1v) is 19.5. The molecule has 2 amide bonds. The number of halogens is 1. The molecule has 0 unspecified atom stereocenters. The Balaban J connectivity index is 1.24. The molecule has 5 aliphatic rings. The molecule has 2 aromatic rings. The molecule has 12 heteroatoms. The van der Waals surface area contributed by atoms with Crippen molar-refractivity contribution in [3.8, 4) is 5.75 Å². The number of nitrogens with zero attached hydrogens (tertiary/aromatic N) is 1. The smallest absolute Gasteiger partial charge is 0.264 e. The van der Waals surface area contributed by atoms with Gasteiger partial charge in [-0.15, -0.1) is 0 Å². The summed E-state index contributed by atoms with van der Waals surface area (Å²) >= 11 is 6.44. The van der Waals surface area contributed by atoms with Gasteiger partial charge in [-0.25, -0.2) is 13.1 Å². The van der Waals surface area contributed by atoms with Crippen molar-refractivity contribution in [1.29, 1.82) is 0 Å². The van der Waals surface area contributed by atoms with Crippen molar-refractivity contribution in [2.24, 2.45) is 17.8 Å². The standard InChI is InChI=1S/C37H46ClN3O7S/c1-23-5-3-7-33(47-20-35(42)39-29-18-46-19-29)30-11-8-27(30)17-41-21-37(14-4-6-25-15-28(38)10-12-31(25)37)22-48-34-13-9-26(16-32(34)41)36(43)40-49(44,45)24(23)2/h3,7,9-10,12-13,15-16,23-24,27,29-30,33H,4-6,8,11,14,17-22H2,1-2H3,(H,39,42)(H,40,43)/b7-3+/t23-,24+,27-,30+,33-,37-/m0/s1. The van der Waals surface area contributed by atoms with Gasteiger partial charge in [0.1, 0.15) is 12.4 Å². The van der Waals surface area contributed by atoms with Gasteiger partial charge in [0.05, 0.1) is 42.9 Å². The van der Waals surface area contributed by atoms with Crippen molar-refractivity contribution in [3.05, 3.63) is 70.3 Å². The monoisotopic (exact) mass is 711 g/mol. The molecule has 7 rings (SSSR count). The zero-order chi connectivity index (χ0) is 34.3. The number of allylic oxidation sites excluding steroid dienone is 1. The van der Waals surface area contributed by atoms with Gasteiger partial charge in [0.2, 0.25) is 15.9 Å². The van der Waals surface area contributed by atoms with Crippen molar-refractivity contribution in [2.75, 3.05) is 44.4 Å². The Kier molecular flexibility index (Phi) is 9.73. The molecule has 0 aromatic heterocycles. The number of benzene rings is 2. The number of hydrogen-bond acceptors (Lipinski definition) is 8. The largest absolute Gasteiger partial charge is 0.490 e. The van der Waals surface area contributed by atoms with Gasteiger partial charge in [-0.05, 0) is 105 Å².